The molecule has 0 saturated carbocycles. The molecule has 0 bridgehead atoms. The Hall–Kier alpha value is -2.50. The minimum absolute atomic E-state index is 0.0882. The Morgan fingerprint density at radius 2 is 1.96 bits per heavy atom. The minimum Gasteiger partial charge on any atom is -0.493 e. The Morgan fingerprint density at radius 3 is 2.61 bits per heavy atom. The van der Waals surface area contributed by atoms with Crippen molar-refractivity contribution in [1.29, 1.82) is 0 Å². The highest BCUT2D eigenvalue weighted by molar-refractivity contribution is 5.96. The van der Waals surface area contributed by atoms with Crippen LogP contribution < -0.4 is 9.47 Å². The van der Waals surface area contributed by atoms with Gasteiger partial charge in [0.05, 0.1) is 20.8 Å². The first kappa shape index (κ1) is 15.4. The molecule has 2 aliphatic rings. The predicted molar refractivity (Wildman–Crippen MR) is 83.0 cm³/mol. The molecule has 1 aromatic rings. The molecule has 1 fully saturated rings. The van der Waals surface area contributed by atoms with Gasteiger partial charge in [-0.3, -0.25) is 9.69 Å². The number of carbonyl (C=O) groups is 2. The van der Waals surface area contributed by atoms with Gasteiger partial charge in [0, 0.05) is 18.2 Å². The van der Waals surface area contributed by atoms with Gasteiger partial charge < -0.3 is 14.2 Å². The lowest BCUT2D eigenvalue weighted by Gasteiger charge is -2.38. The first-order valence-electron chi connectivity index (χ1n) is 7.52. The monoisotopic (exact) mass is 317 g/mol. The summed E-state index contributed by atoms with van der Waals surface area (Å²) in [4.78, 5) is 26.4. The van der Waals surface area contributed by atoms with Gasteiger partial charge in [0.15, 0.2) is 17.0 Å². The van der Waals surface area contributed by atoms with Crippen LogP contribution in [0.2, 0.25) is 0 Å². The number of ether oxygens (including phenoxy) is 3. The molecule has 0 aliphatic carbocycles. The molecule has 2 aliphatic heterocycles. The molecule has 1 amide bonds. The molecule has 6 nitrogen and oxygen atoms in total. The highest BCUT2D eigenvalue weighted by Gasteiger charge is 2.55. The number of hydrogen-bond acceptors (Lipinski definition) is 5. The second kappa shape index (κ2) is 5.61. The number of benzene rings is 1. The molecule has 23 heavy (non-hydrogen) atoms. The van der Waals surface area contributed by atoms with Gasteiger partial charge in [0.25, 0.3) is 0 Å². The lowest BCUT2D eigenvalue weighted by atomic mass is 9.82. The van der Waals surface area contributed by atoms with Crippen LogP contribution in [0.3, 0.4) is 0 Å². The predicted octanol–water partition coefficient (Wildman–Crippen LogP) is 2.07. The first-order chi connectivity index (χ1) is 11.1. The van der Waals surface area contributed by atoms with Crippen LogP contribution in [0.4, 0.5) is 0 Å². The maximum atomic E-state index is 12.7. The molecule has 1 aromatic carbocycles. The number of nitrogens with zero attached hydrogens (tertiary/aromatic N) is 1. The average molecular weight is 317 g/mol. The lowest BCUT2D eigenvalue weighted by molar-refractivity contribution is -0.158. The van der Waals surface area contributed by atoms with E-state index in [9.17, 15) is 9.59 Å². The van der Waals surface area contributed by atoms with E-state index in [0.29, 0.717) is 29.9 Å². The molecule has 1 saturated heterocycles. The van der Waals surface area contributed by atoms with E-state index in [1.54, 1.807) is 32.4 Å². The van der Waals surface area contributed by atoms with Crippen LogP contribution in [0, 0.1) is 0 Å². The molecule has 2 heterocycles. The SMILES string of the molecule is CCOC(=O)C12CCC(=O)N1C=Cc1cc(OC)c(OC)cc12. The second-order valence-corrected chi connectivity index (χ2v) is 5.45. The van der Waals surface area contributed by atoms with Crippen LogP contribution in [-0.4, -0.2) is 37.6 Å². The summed E-state index contributed by atoms with van der Waals surface area (Å²) < 4.78 is 16.0. The van der Waals surface area contributed by atoms with Crippen LogP contribution in [0.1, 0.15) is 30.9 Å². The van der Waals surface area contributed by atoms with E-state index in [1.807, 2.05) is 6.07 Å². The molecule has 3 rings (SSSR count). The standard InChI is InChI=1S/C17H19NO5/c1-4-23-16(20)17-7-5-15(19)18(17)8-6-11-9-13(21-2)14(22-3)10-12(11)17/h6,8-10H,4-5,7H2,1-3H3. The highest BCUT2D eigenvalue weighted by atomic mass is 16.5. The van der Waals surface area contributed by atoms with E-state index in [2.05, 4.69) is 0 Å². The first-order valence-corrected chi connectivity index (χ1v) is 7.52. The smallest absolute Gasteiger partial charge is 0.337 e. The van der Waals surface area contributed by atoms with E-state index in [1.165, 1.54) is 12.0 Å². The number of rotatable bonds is 4. The maximum Gasteiger partial charge on any atom is 0.337 e. The van der Waals surface area contributed by atoms with Crippen LogP contribution in [0.5, 0.6) is 11.5 Å². The van der Waals surface area contributed by atoms with Crippen LogP contribution in [0.15, 0.2) is 18.3 Å². The minimum atomic E-state index is -1.11. The van der Waals surface area contributed by atoms with E-state index < -0.39 is 11.5 Å². The summed E-state index contributed by atoms with van der Waals surface area (Å²) in [6, 6.07) is 3.58. The van der Waals surface area contributed by atoms with E-state index in [4.69, 9.17) is 14.2 Å². The van der Waals surface area contributed by atoms with Gasteiger partial charge in [-0.2, -0.15) is 0 Å². The second-order valence-electron chi connectivity index (χ2n) is 5.45. The molecule has 6 heteroatoms. The van der Waals surface area contributed by atoms with Crippen molar-refractivity contribution in [3.63, 3.8) is 0 Å². The van der Waals surface area contributed by atoms with Gasteiger partial charge in [-0.1, -0.05) is 0 Å². The molecule has 0 spiro atoms. The van der Waals surface area contributed by atoms with Gasteiger partial charge in [0.2, 0.25) is 5.91 Å². The molecule has 0 aromatic heterocycles. The van der Waals surface area contributed by atoms with Crippen molar-refractivity contribution in [2.24, 2.45) is 0 Å². The van der Waals surface area contributed by atoms with Gasteiger partial charge in [-0.25, -0.2) is 4.79 Å². The van der Waals surface area contributed by atoms with Gasteiger partial charge in [-0.05, 0) is 37.1 Å². The largest absolute Gasteiger partial charge is 0.493 e. The normalized spacial score (nSPS) is 21.7. The Kier molecular flexibility index (Phi) is 3.75. The summed E-state index contributed by atoms with van der Waals surface area (Å²) >= 11 is 0. The van der Waals surface area contributed by atoms with E-state index >= 15 is 0 Å². The third kappa shape index (κ3) is 2.09. The summed E-state index contributed by atoms with van der Waals surface area (Å²) in [6.07, 6.45) is 4.15. The number of carbonyl (C=O) groups excluding carboxylic acids is 2. The van der Waals surface area contributed by atoms with Gasteiger partial charge in [-0.15, -0.1) is 0 Å². The molecule has 122 valence electrons. The fraction of sp³-hybridized carbons (Fsp3) is 0.412. The van der Waals surface area contributed by atoms with Crippen LogP contribution in [-0.2, 0) is 19.9 Å². The Morgan fingerprint density at radius 1 is 1.26 bits per heavy atom. The number of methoxy groups -OCH3 is 2. The van der Waals surface area contributed by atoms with Crippen molar-refractivity contribution < 1.29 is 23.8 Å². The maximum absolute atomic E-state index is 12.7. The zero-order chi connectivity index (χ0) is 16.6. The fourth-order valence-electron chi connectivity index (χ4n) is 3.32. The molecular formula is C17H19NO5. The highest BCUT2D eigenvalue weighted by Crippen LogP contribution is 2.48. The summed E-state index contributed by atoms with van der Waals surface area (Å²) in [6.45, 7) is 2.01. The Balaban J connectivity index is 2.22. The van der Waals surface area contributed by atoms with Crippen LogP contribution >= 0.6 is 0 Å². The topological polar surface area (TPSA) is 65.1 Å². The summed E-state index contributed by atoms with van der Waals surface area (Å²) in [5.74, 6) is 0.593. The fourth-order valence-corrected chi connectivity index (χ4v) is 3.32. The van der Waals surface area contributed by atoms with Crippen molar-refractivity contribution in [3.8, 4) is 11.5 Å². The van der Waals surface area contributed by atoms with Gasteiger partial charge >= 0.3 is 5.97 Å². The zero-order valence-electron chi connectivity index (χ0n) is 13.4. The number of fused-ring (bicyclic) bond motifs is 3. The zero-order valence-corrected chi connectivity index (χ0v) is 13.4. The summed E-state index contributed by atoms with van der Waals surface area (Å²) in [5, 5.41) is 0. The molecule has 0 radical (unpaired) electrons. The quantitative estimate of drug-likeness (QED) is 0.795. The Bertz CT molecular complexity index is 696. The van der Waals surface area contributed by atoms with E-state index in [-0.39, 0.29) is 12.5 Å². The van der Waals surface area contributed by atoms with Gasteiger partial charge in [0.1, 0.15) is 0 Å². The number of amides is 1. The van der Waals surface area contributed by atoms with Crippen molar-refractivity contribution >= 4 is 18.0 Å². The number of hydrogen-bond donors (Lipinski definition) is 0. The molecule has 1 atom stereocenters. The molecule has 0 N–H and O–H groups in total. The third-order valence-electron chi connectivity index (χ3n) is 4.40. The van der Waals surface area contributed by atoms with Crippen molar-refractivity contribution in [3.05, 3.63) is 29.5 Å². The van der Waals surface area contributed by atoms with Crippen molar-refractivity contribution in [1.82, 2.24) is 4.90 Å². The van der Waals surface area contributed by atoms with Crippen molar-refractivity contribution in [2.45, 2.75) is 25.3 Å². The average Bonchev–Trinajstić information content (AvgIpc) is 2.92. The number of esters is 1. The lowest BCUT2D eigenvalue weighted by Crippen LogP contribution is -2.49. The van der Waals surface area contributed by atoms with Crippen molar-refractivity contribution in [2.75, 3.05) is 20.8 Å². The van der Waals surface area contributed by atoms with Crippen LogP contribution in [0.25, 0.3) is 6.08 Å². The summed E-state index contributed by atoms with van der Waals surface area (Å²) in [7, 11) is 3.10. The summed E-state index contributed by atoms with van der Waals surface area (Å²) in [5.41, 5.74) is 0.417. The molecular weight excluding hydrogens is 298 g/mol. The third-order valence-corrected chi connectivity index (χ3v) is 4.40. The van der Waals surface area contributed by atoms with E-state index in [0.717, 1.165) is 5.56 Å². The molecule has 1 unspecified atom stereocenters. The Labute approximate surface area is 134 Å².